The molecule has 0 aromatic rings. The molecule has 116 valence electrons. The zero-order valence-corrected chi connectivity index (χ0v) is 13.5. The van der Waals surface area contributed by atoms with Crippen LogP contribution < -0.4 is 10.6 Å². The second-order valence-corrected chi connectivity index (χ2v) is 7.86. The van der Waals surface area contributed by atoms with Crippen molar-refractivity contribution >= 4 is 5.91 Å². The summed E-state index contributed by atoms with van der Waals surface area (Å²) in [6, 6.07) is 1.36. The lowest BCUT2D eigenvalue weighted by molar-refractivity contribution is -0.122. The highest BCUT2D eigenvalue weighted by Gasteiger charge is 2.34. The standard InChI is InChI=1S/C16H31N3O/c1-16(2,11-19(3)4)10-17-15(20)9-12-7-13-5-6-14(8-12)18-13/h12-14,18H,5-11H2,1-4H3,(H,17,20). The highest BCUT2D eigenvalue weighted by atomic mass is 16.1. The fourth-order valence-electron chi connectivity index (χ4n) is 3.93. The monoisotopic (exact) mass is 281 g/mol. The fourth-order valence-corrected chi connectivity index (χ4v) is 3.93. The van der Waals surface area contributed by atoms with Gasteiger partial charge in [0, 0.05) is 31.6 Å². The summed E-state index contributed by atoms with van der Waals surface area (Å²) in [5.41, 5.74) is 0.131. The number of nitrogens with zero attached hydrogens (tertiary/aromatic N) is 1. The zero-order chi connectivity index (χ0) is 14.8. The number of carbonyl (C=O) groups excluding carboxylic acids is 1. The molecule has 20 heavy (non-hydrogen) atoms. The molecule has 1 amide bonds. The number of nitrogens with one attached hydrogen (secondary N) is 2. The second-order valence-electron chi connectivity index (χ2n) is 7.86. The lowest BCUT2D eigenvalue weighted by atomic mass is 9.89. The number of carbonyl (C=O) groups is 1. The van der Waals surface area contributed by atoms with Gasteiger partial charge in [0.15, 0.2) is 0 Å². The van der Waals surface area contributed by atoms with E-state index in [1.165, 1.54) is 25.7 Å². The average Bonchev–Trinajstić information content (AvgIpc) is 2.65. The molecule has 0 spiro atoms. The quantitative estimate of drug-likeness (QED) is 0.777. The third-order valence-electron chi connectivity index (χ3n) is 4.55. The van der Waals surface area contributed by atoms with Gasteiger partial charge in [0.2, 0.25) is 5.91 Å². The highest BCUT2D eigenvalue weighted by Crippen LogP contribution is 2.32. The van der Waals surface area contributed by atoms with Crippen molar-refractivity contribution in [3.8, 4) is 0 Å². The lowest BCUT2D eigenvalue weighted by Crippen LogP contribution is -2.42. The molecule has 2 bridgehead atoms. The number of amides is 1. The Bertz CT molecular complexity index is 329. The number of fused-ring (bicyclic) bond motifs is 2. The number of hydrogen-bond donors (Lipinski definition) is 2. The van der Waals surface area contributed by atoms with Crippen molar-refractivity contribution in [2.45, 2.75) is 58.0 Å². The van der Waals surface area contributed by atoms with E-state index in [0.717, 1.165) is 13.1 Å². The van der Waals surface area contributed by atoms with E-state index < -0.39 is 0 Å². The number of rotatable bonds is 6. The molecule has 0 saturated carbocycles. The molecule has 2 unspecified atom stereocenters. The maximum absolute atomic E-state index is 12.1. The number of piperidine rings is 1. The molecule has 0 radical (unpaired) electrons. The Morgan fingerprint density at radius 2 is 1.85 bits per heavy atom. The minimum Gasteiger partial charge on any atom is -0.356 e. The summed E-state index contributed by atoms with van der Waals surface area (Å²) in [4.78, 5) is 14.3. The van der Waals surface area contributed by atoms with Crippen LogP contribution in [0.25, 0.3) is 0 Å². The molecule has 0 aliphatic carbocycles. The van der Waals surface area contributed by atoms with Crippen molar-refractivity contribution in [1.82, 2.24) is 15.5 Å². The maximum atomic E-state index is 12.1. The fraction of sp³-hybridized carbons (Fsp3) is 0.938. The summed E-state index contributed by atoms with van der Waals surface area (Å²) in [5, 5.41) is 6.77. The van der Waals surface area contributed by atoms with E-state index >= 15 is 0 Å². The molecule has 0 aromatic carbocycles. The Morgan fingerprint density at radius 1 is 1.25 bits per heavy atom. The molecule has 2 fully saturated rings. The van der Waals surface area contributed by atoms with Crippen LogP contribution >= 0.6 is 0 Å². The summed E-state index contributed by atoms with van der Waals surface area (Å²) in [6.07, 6.45) is 5.69. The Morgan fingerprint density at radius 3 is 2.40 bits per heavy atom. The molecule has 4 nitrogen and oxygen atoms in total. The van der Waals surface area contributed by atoms with Gasteiger partial charge in [-0.25, -0.2) is 0 Å². The largest absolute Gasteiger partial charge is 0.356 e. The van der Waals surface area contributed by atoms with Crippen molar-refractivity contribution in [2.75, 3.05) is 27.2 Å². The van der Waals surface area contributed by atoms with Gasteiger partial charge in [-0.3, -0.25) is 4.79 Å². The third-order valence-corrected chi connectivity index (χ3v) is 4.55. The first-order chi connectivity index (χ1) is 9.34. The molecule has 0 aromatic heterocycles. The Balaban J connectivity index is 1.70. The normalized spacial score (nSPS) is 29.8. The molecule has 2 N–H and O–H groups in total. The number of hydrogen-bond acceptors (Lipinski definition) is 3. The van der Waals surface area contributed by atoms with Crippen molar-refractivity contribution < 1.29 is 4.79 Å². The van der Waals surface area contributed by atoms with E-state index in [2.05, 4.69) is 43.5 Å². The van der Waals surface area contributed by atoms with Gasteiger partial charge in [-0.1, -0.05) is 13.8 Å². The van der Waals surface area contributed by atoms with E-state index in [9.17, 15) is 4.79 Å². The molecule has 2 heterocycles. The van der Waals surface area contributed by atoms with Gasteiger partial charge in [-0.05, 0) is 51.1 Å². The zero-order valence-electron chi connectivity index (χ0n) is 13.5. The molecule has 2 atom stereocenters. The molecular formula is C16H31N3O. The van der Waals surface area contributed by atoms with Crippen molar-refractivity contribution in [3.63, 3.8) is 0 Å². The van der Waals surface area contributed by atoms with Gasteiger partial charge < -0.3 is 15.5 Å². The van der Waals surface area contributed by atoms with Crippen molar-refractivity contribution in [1.29, 1.82) is 0 Å². The predicted octanol–water partition coefficient (Wildman–Crippen LogP) is 1.61. The van der Waals surface area contributed by atoms with Gasteiger partial charge in [0.05, 0.1) is 0 Å². The molecule has 2 aliphatic rings. The lowest BCUT2D eigenvalue weighted by Gasteiger charge is -2.30. The molecule has 4 heteroatoms. The van der Waals surface area contributed by atoms with Crippen LogP contribution in [0.4, 0.5) is 0 Å². The van der Waals surface area contributed by atoms with E-state index in [-0.39, 0.29) is 11.3 Å². The molecular weight excluding hydrogens is 250 g/mol. The van der Waals surface area contributed by atoms with Crippen LogP contribution in [0.1, 0.15) is 46.0 Å². The van der Waals surface area contributed by atoms with Crippen LogP contribution in [-0.4, -0.2) is 50.1 Å². The van der Waals surface area contributed by atoms with E-state index in [1.807, 2.05) is 0 Å². The van der Waals surface area contributed by atoms with Gasteiger partial charge in [0.25, 0.3) is 0 Å². The Hall–Kier alpha value is -0.610. The van der Waals surface area contributed by atoms with Crippen LogP contribution in [0.3, 0.4) is 0 Å². The van der Waals surface area contributed by atoms with Gasteiger partial charge >= 0.3 is 0 Å². The van der Waals surface area contributed by atoms with E-state index in [4.69, 9.17) is 0 Å². The minimum atomic E-state index is 0.131. The van der Waals surface area contributed by atoms with Crippen LogP contribution in [0.2, 0.25) is 0 Å². The average molecular weight is 281 g/mol. The SMILES string of the molecule is CN(C)CC(C)(C)CNC(=O)CC1CC2CCC(C1)N2. The summed E-state index contributed by atoms with van der Waals surface area (Å²) >= 11 is 0. The van der Waals surface area contributed by atoms with Crippen LogP contribution in [0.15, 0.2) is 0 Å². The minimum absolute atomic E-state index is 0.131. The summed E-state index contributed by atoms with van der Waals surface area (Å²) in [5.74, 6) is 0.828. The molecule has 2 aliphatic heterocycles. The van der Waals surface area contributed by atoms with Crippen LogP contribution in [-0.2, 0) is 4.79 Å². The van der Waals surface area contributed by atoms with Crippen molar-refractivity contribution in [2.24, 2.45) is 11.3 Å². The first-order valence-corrected chi connectivity index (χ1v) is 8.01. The van der Waals surface area contributed by atoms with E-state index in [0.29, 0.717) is 24.4 Å². The van der Waals surface area contributed by atoms with Crippen molar-refractivity contribution in [3.05, 3.63) is 0 Å². The Kier molecular flexibility index (Phi) is 5.08. The van der Waals surface area contributed by atoms with E-state index in [1.54, 1.807) is 0 Å². The topological polar surface area (TPSA) is 44.4 Å². The summed E-state index contributed by atoms with van der Waals surface area (Å²) in [6.45, 7) is 6.17. The summed E-state index contributed by atoms with van der Waals surface area (Å²) < 4.78 is 0. The third kappa shape index (κ3) is 4.74. The van der Waals surface area contributed by atoms with Gasteiger partial charge in [0.1, 0.15) is 0 Å². The first-order valence-electron chi connectivity index (χ1n) is 8.01. The summed E-state index contributed by atoms with van der Waals surface area (Å²) in [7, 11) is 4.16. The first kappa shape index (κ1) is 15.8. The smallest absolute Gasteiger partial charge is 0.220 e. The van der Waals surface area contributed by atoms with Gasteiger partial charge in [-0.2, -0.15) is 0 Å². The predicted molar refractivity (Wildman–Crippen MR) is 82.6 cm³/mol. The maximum Gasteiger partial charge on any atom is 0.220 e. The molecule has 2 rings (SSSR count). The Labute approximate surface area is 123 Å². The highest BCUT2D eigenvalue weighted by molar-refractivity contribution is 5.76. The van der Waals surface area contributed by atoms with Crippen LogP contribution in [0.5, 0.6) is 0 Å². The molecule has 2 saturated heterocycles. The van der Waals surface area contributed by atoms with Gasteiger partial charge in [-0.15, -0.1) is 0 Å². The second kappa shape index (κ2) is 6.44. The van der Waals surface area contributed by atoms with Crippen LogP contribution in [0, 0.1) is 11.3 Å².